The maximum atomic E-state index is 13.6. The molecular weight excluding hydrogens is 349 g/mol. The SMILES string of the molecule is Cc1c(Cc2ccc(C(=O)O)cc2)c(=O)c2cc(Cl)c(F)cc2n1O. The summed E-state index contributed by atoms with van der Waals surface area (Å²) in [6, 6.07) is 8.29. The van der Waals surface area contributed by atoms with Gasteiger partial charge in [0, 0.05) is 18.1 Å². The molecule has 0 radical (unpaired) electrons. The van der Waals surface area contributed by atoms with E-state index in [0.29, 0.717) is 11.1 Å². The van der Waals surface area contributed by atoms with Gasteiger partial charge in [-0.15, -0.1) is 0 Å². The quantitative estimate of drug-likeness (QED) is 0.698. The summed E-state index contributed by atoms with van der Waals surface area (Å²) in [6.07, 6.45) is 0.191. The molecule has 0 spiro atoms. The third-order valence-corrected chi connectivity index (χ3v) is 4.41. The average Bonchev–Trinajstić information content (AvgIpc) is 2.59. The minimum Gasteiger partial charge on any atom is -0.478 e. The molecule has 5 nitrogen and oxygen atoms in total. The largest absolute Gasteiger partial charge is 0.478 e. The van der Waals surface area contributed by atoms with Gasteiger partial charge in [0.05, 0.1) is 27.2 Å². The number of pyridine rings is 1. The average molecular weight is 362 g/mol. The zero-order valence-electron chi connectivity index (χ0n) is 13.1. The minimum absolute atomic E-state index is 0.0365. The van der Waals surface area contributed by atoms with Crippen LogP contribution >= 0.6 is 11.6 Å². The Morgan fingerprint density at radius 3 is 2.48 bits per heavy atom. The lowest BCUT2D eigenvalue weighted by Gasteiger charge is -2.13. The first-order valence-electron chi connectivity index (χ1n) is 7.34. The van der Waals surface area contributed by atoms with E-state index in [1.54, 1.807) is 19.1 Å². The van der Waals surface area contributed by atoms with Gasteiger partial charge >= 0.3 is 5.97 Å². The van der Waals surface area contributed by atoms with E-state index in [2.05, 4.69) is 0 Å². The lowest BCUT2D eigenvalue weighted by molar-refractivity contribution is 0.0697. The van der Waals surface area contributed by atoms with Crippen molar-refractivity contribution in [2.75, 3.05) is 0 Å². The molecule has 0 saturated carbocycles. The van der Waals surface area contributed by atoms with E-state index in [1.165, 1.54) is 18.2 Å². The molecule has 1 heterocycles. The number of fused-ring (bicyclic) bond motifs is 1. The van der Waals surface area contributed by atoms with E-state index < -0.39 is 11.8 Å². The standard InChI is InChI=1S/C18H13ClFNO4/c1-9-12(6-10-2-4-11(5-3-10)18(23)24)17(22)13-7-14(19)15(20)8-16(13)21(9)25/h2-5,7-8,25H,6H2,1H3,(H,23,24). The van der Waals surface area contributed by atoms with E-state index in [4.69, 9.17) is 16.7 Å². The second-order valence-electron chi connectivity index (χ2n) is 5.67. The van der Waals surface area contributed by atoms with Crippen LogP contribution in [-0.4, -0.2) is 21.0 Å². The van der Waals surface area contributed by atoms with E-state index in [1.807, 2.05) is 0 Å². The lowest BCUT2D eigenvalue weighted by Crippen LogP contribution is -2.18. The molecule has 7 heteroatoms. The van der Waals surface area contributed by atoms with E-state index >= 15 is 0 Å². The molecule has 0 amide bonds. The highest BCUT2D eigenvalue weighted by Gasteiger charge is 2.16. The second kappa shape index (κ2) is 6.22. The van der Waals surface area contributed by atoms with Crippen molar-refractivity contribution in [3.63, 3.8) is 0 Å². The van der Waals surface area contributed by atoms with Crippen molar-refractivity contribution in [2.45, 2.75) is 13.3 Å². The first-order chi connectivity index (χ1) is 11.8. The van der Waals surface area contributed by atoms with Crippen molar-refractivity contribution < 1.29 is 19.5 Å². The molecule has 2 aromatic carbocycles. The van der Waals surface area contributed by atoms with Crippen LogP contribution in [0.5, 0.6) is 0 Å². The Bertz CT molecular complexity index is 1060. The van der Waals surface area contributed by atoms with Gasteiger partial charge in [0.25, 0.3) is 0 Å². The van der Waals surface area contributed by atoms with Gasteiger partial charge in [0.1, 0.15) is 5.82 Å². The number of carbonyl (C=O) groups is 1. The van der Waals surface area contributed by atoms with Crippen LogP contribution in [-0.2, 0) is 6.42 Å². The topological polar surface area (TPSA) is 79.5 Å². The second-order valence-corrected chi connectivity index (χ2v) is 6.07. The number of carboxylic acid groups (broad SMARTS) is 1. The van der Waals surface area contributed by atoms with Crippen LogP contribution in [0, 0.1) is 12.7 Å². The predicted octanol–water partition coefficient (Wildman–Crippen LogP) is 3.63. The van der Waals surface area contributed by atoms with Crippen LogP contribution in [0.15, 0.2) is 41.2 Å². The number of halogens is 2. The van der Waals surface area contributed by atoms with Crippen molar-refractivity contribution in [3.05, 3.63) is 79.8 Å². The molecular formula is C18H13ClFNO4. The van der Waals surface area contributed by atoms with E-state index in [0.717, 1.165) is 10.8 Å². The number of aromatic nitrogens is 1. The van der Waals surface area contributed by atoms with Crippen LogP contribution < -0.4 is 5.43 Å². The van der Waals surface area contributed by atoms with Gasteiger partial charge < -0.3 is 10.3 Å². The maximum absolute atomic E-state index is 13.6. The molecule has 3 rings (SSSR count). The highest BCUT2D eigenvalue weighted by molar-refractivity contribution is 6.31. The van der Waals surface area contributed by atoms with Crippen LogP contribution in [0.3, 0.4) is 0 Å². The van der Waals surface area contributed by atoms with Gasteiger partial charge in [0.15, 0.2) is 5.43 Å². The van der Waals surface area contributed by atoms with Gasteiger partial charge in [-0.25, -0.2) is 9.18 Å². The van der Waals surface area contributed by atoms with Crippen molar-refractivity contribution >= 4 is 28.5 Å². The molecule has 0 bridgehead atoms. The fourth-order valence-corrected chi connectivity index (χ4v) is 2.87. The molecule has 25 heavy (non-hydrogen) atoms. The van der Waals surface area contributed by atoms with Crippen LogP contribution in [0.4, 0.5) is 4.39 Å². The van der Waals surface area contributed by atoms with Gasteiger partial charge in [-0.3, -0.25) is 4.79 Å². The molecule has 3 aromatic rings. The highest BCUT2D eigenvalue weighted by atomic mass is 35.5. The van der Waals surface area contributed by atoms with Crippen molar-refractivity contribution in [1.82, 2.24) is 4.73 Å². The molecule has 2 N–H and O–H groups in total. The predicted molar refractivity (Wildman–Crippen MR) is 91.3 cm³/mol. The molecule has 0 aliphatic heterocycles. The molecule has 1 aromatic heterocycles. The summed E-state index contributed by atoms with van der Waals surface area (Å²) < 4.78 is 14.4. The Morgan fingerprint density at radius 1 is 1.24 bits per heavy atom. The fraction of sp³-hybridized carbons (Fsp3) is 0.111. The number of benzene rings is 2. The number of carboxylic acids is 1. The van der Waals surface area contributed by atoms with Crippen molar-refractivity contribution in [3.8, 4) is 0 Å². The summed E-state index contributed by atoms with van der Waals surface area (Å²) in [4.78, 5) is 23.6. The third-order valence-electron chi connectivity index (χ3n) is 4.12. The minimum atomic E-state index is -1.04. The van der Waals surface area contributed by atoms with Gasteiger partial charge in [0.2, 0.25) is 0 Å². The summed E-state index contributed by atoms with van der Waals surface area (Å²) >= 11 is 5.75. The first kappa shape index (κ1) is 17.0. The van der Waals surface area contributed by atoms with Crippen LogP contribution in [0.25, 0.3) is 10.9 Å². The van der Waals surface area contributed by atoms with E-state index in [9.17, 15) is 19.2 Å². The van der Waals surface area contributed by atoms with Crippen LogP contribution in [0.1, 0.15) is 27.2 Å². The maximum Gasteiger partial charge on any atom is 0.335 e. The summed E-state index contributed by atoms with van der Waals surface area (Å²) in [7, 11) is 0. The molecule has 0 unspecified atom stereocenters. The smallest absolute Gasteiger partial charge is 0.335 e. The Hall–Kier alpha value is -2.86. The van der Waals surface area contributed by atoms with E-state index in [-0.39, 0.29) is 39.0 Å². The molecule has 0 saturated heterocycles. The highest BCUT2D eigenvalue weighted by Crippen LogP contribution is 2.23. The number of aromatic carboxylic acids is 1. The number of hydrogen-bond donors (Lipinski definition) is 2. The third kappa shape index (κ3) is 2.96. The molecule has 0 aliphatic rings. The Balaban J connectivity index is 2.14. The Kier molecular flexibility index (Phi) is 4.22. The van der Waals surface area contributed by atoms with Crippen LogP contribution in [0.2, 0.25) is 5.02 Å². The zero-order chi connectivity index (χ0) is 18.3. The van der Waals surface area contributed by atoms with Gasteiger partial charge in [-0.2, -0.15) is 4.73 Å². The molecule has 128 valence electrons. The summed E-state index contributed by atoms with van der Waals surface area (Å²) in [6.45, 7) is 1.55. The lowest BCUT2D eigenvalue weighted by atomic mass is 10.00. The number of rotatable bonds is 3. The fourth-order valence-electron chi connectivity index (χ4n) is 2.71. The normalized spacial score (nSPS) is 11.0. The monoisotopic (exact) mass is 361 g/mol. The Labute approximate surface area is 146 Å². The molecule has 0 fully saturated rings. The molecule has 0 aliphatic carbocycles. The summed E-state index contributed by atoms with van der Waals surface area (Å²) in [5, 5.41) is 19.1. The van der Waals surface area contributed by atoms with Crippen molar-refractivity contribution in [1.29, 1.82) is 0 Å². The summed E-state index contributed by atoms with van der Waals surface area (Å²) in [5.74, 6) is -1.77. The zero-order valence-corrected chi connectivity index (χ0v) is 13.8. The Morgan fingerprint density at radius 2 is 1.88 bits per heavy atom. The summed E-state index contributed by atoms with van der Waals surface area (Å²) in [5.41, 5.74) is 1.12. The number of hydrogen-bond acceptors (Lipinski definition) is 3. The van der Waals surface area contributed by atoms with Gasteiger partial charge in [-0.05, 0) is 30.7 Å². The van der Waals surface area contributed by atoms with Gasteiger partial charge in [-0.1, -0.05) is 23.7 Å². The molecule has 0 atom stereocenters. The van der Waals surface area contributed by atoms with Crippen molar-refractivity contribution in [2.24, 2.45) is 0 Å². The number of nitrogens with zero attached hydrogens (tertiary/aromatic N) is 1. The first-order valence-corrected chi connectivity index (χ1v) is 7.72.